The Labute approximate surface area is 127 Å². The van der Waals surface area contributed by atoms with E-state index in [4.69, 9.17) is 0 Å². The van der Waals surface area contributed by atoms with Gasteiger partial charge in [0.05, 0.1) is 11.8 Å². The molecule has 0 fully saturated rings. The van der Waals surface area contributed by atoms with Crippen molar-refractivity contribution in [2.75, 3.05) is 0 Å². The average Bonchev–Trinajstić information content (AvgIpc) is 2.32. The topological polar surface area (TPSA) is 44.7 Å². The molecule has 1 atom stereocenters. The molecule has 0 saturated carbocycles. The number of benzene rings is 1. The third kappa shape index (κ3) is 5.80. The molecule has 0 radical (unpaired) electrons. The fourth-order valence-electron chi connectivity index (χ4n) is 1.30. The van der Waals surface area contributed by atoms with Crippen molar-refractivity contribution in [1.29, 1.82) is 0 Å². The maximum atomic E-state index is 12.7. The first-order valence-corrected chi connectivity index (χ1v) is 7.13. The van der Waals surface area contributed by atoms with Crippen LogP contribution in [0.3, 0.4) is 0 Å². The largest absolute Gasteiger partial charge is 0.591 e. The van der Waals surface area contributed by atoms with Gasteiger partial charge in [-0.05, 0) is 39.0 Å². The second-order valence-corrected chi connectivity index (χ2v) is 7.20. The highest BCUT2D eigenvalue weighted by molar-refractivity contribution is 7.91. The zero-order valence-corrected chi connectivity index (χ0v) is 12.8. The van der Waals surface area contributed by atoms with Crippen molar-refractivity contribution in [2.24, 2.45) is 4.40 Å². The lowest BCUT2D eigenvalue weighted by Gasteiger charge is -2.17. The smallest absolute Gasteiger partial charge is 0.416 e. The molecule has 1 aromatic carbocycles. The minimum absolute atomic E-state index is 0.136. The second kappa shape index (κ2) is 6.82. The minimum atomic E-state index is -4.73. The van der Waals surface area contributed by atoms with Gasteiger partial charge in [-0.2, -0.15) is 22.0 Å². The molecule has 124 valence electrons. The Hall–Kier alpha value is -1.35. The third-order valence-electron chi connectivity index (χ3n) is 2.30. The molecule has 1 rings (SSSR count). The molecule has 0 bridgehead atoms. The Morgan fingerprint density at radius 2 is 1.77 bits per heavy atom. The van der Waals surface area contributed by atoms with Crippen molar-refractivity contribution in [1.82, 2.24) is 0 Å². The summed E-state index contributed by atoms with van der Waals surface area (Å²) in [5, 5.41) is 0. The summed E-state index contributed by atoms with van der Waals surface area (Å²) in [4.78, 5) is 0. The second-order valence-electron chi connectivity index (χ2n) is 5.26. The van der Waals surface area contributed by atoms with Gasteiger partial charge in [0.25, 0.3) is 0 Å². The maximum Gasteiger partial charge on any atom is 0.416 e. The molecule has 0 aliphatic rings. The van der Waals surface area contributed by atoms with E-state index in [9.17, 15) is 26.5 Å². The van der Waals surface area contributed by atoms with Gasteiger partial charge < -0.3 is 9.29 Å². The summed E-state index contributed by atoms with van der Waals surface area (Å²) in [5.41, 5.74) is -1.29. The molecule has 0 spiro atoms. The molecule has 9 heteroatoms. The molecule has 0 heterocycles. The maximum absolute atomic E-state index is 12.7. The van der Waals surface area contributed by atoms with Gasteiger partial charge in [0.15, 0.2) is 0 Å². The van der Waals surface area contributed by atoms with Crippen LogP contribution in [0.2, 0.25) is 0 Å². The van der Waals surface area contributed by atoms with Crippen LogP contribution in [0.15, 0.2) is 22.6 Å². The molecule has 1 aromatic rings. The van der Waals surface area contributed by atoms with E-state index in [1.165, 1.54) is 0 Å². The predicted molar refractivity (Wildman–Crippen MR) is 73.6 cm³/mol. The van der Waals surface area contributed by atoms with E-state index in [-0.39, 0.29) is 5.56 Å². The highest BCUT2D eigenvalue weighted by atomic mass is 32.2. The number of alkyl halides is 5. The molecule has 0 aliphatic carbocycles. The summed E-state index contributed by atoms with van der Waals surface area (Å²) in [5.74, 6) is -0.646. The number of halogens is 5. The predicted octanol–water partition coefficient (Wildman–Crippen LogP) is 4.19. The number of hydrogen-bond acceptors (Lipinski definition) is 3. The molecule has 22 heavy (non-hydrogen) atoms. The van der Waals surface area contributed by atoms with Gasteiger partial charge in [-0.1, -0.05) is 4.40 Å². The normalized spacial score (nSPS) is 14.6. The van der Waals surface area contributed by atoms with Crippen molar-refractivity contribution in [3.05, 3.63) is 29.3 Å². The molecule has 0 aromatic heterocycles. The molecule has 0 aliphatic heterocycles. The van der Waals surface area contributed by atoms with Crippen molar-refractivity contribution in [2.45, 2.75) is 38.3 Å². The van der Waals surface area contributed by atoms with Gasteiger partial charge >= 0.3 is 12.8 Å². The van der Waals surface area contributed by atoms with E-state index < -0.39 is 40.2 Å². The number of ether oxygens (including phenoxy) is 1. The fourth-order valence-corrected chi connectivity index (χ4v) is 1.83. The molecule has 0 amide bonds. The zero-order valence-electron chi connectivity index (χ0n) is 11.9. The Morgan fingerprint density at radius 3 is 2.23 bits per heavy atom. The van der Waals surface area contributed by atoms with E-state index in [0.717, 1.165) is 12.3 Å². The van der Waals surface area contributed by atoms with Gasteiger partial charge in [0, 0.05) is 5.56 Å². The summed E-state index contributed by atoms with van der Waals surface area (Å²) in [7, 11) is 0. The van der Waals surface area contributed by atoms with Crippen LogP contribution in [-0.2, 0) is 17.5 Å². The summed E-state index contributed by atoms with van der Waals surface area (Å²) >= 11 is -1.68. The Morgan fingerprint density at radius 1 is 1.18 bits per heavy atom. The monoisotopic (exact) mass is 343 g/mol. The van der Waals surface area contributed by atoms with Crippen LogP contribution >= 0.6 is 0 Å². The summed E-state index contributed by atoms with van der Waals surface area (Å²) in [6.07, 6.45) is -3.79. The summed E-state index contributed by atoms with van der Waals surface area (Å²) in [6.45, 7) is 1.66. The zero-order chi connectivity index (χ0) is 17.1. The van der Waals surface area contributed by atoms with Crippen LogP contribution in [0.25, 0.3) is 0 Å². The van der Waals surface area contributed by atoms with E-state index in [1.54, 1.807) is 20.8 Å². The van der Waals surface area contributed by atoms with Crippen molar-refractivity contribution in [3.63, 3.8) is 0 Å². The van der Waals surface area contributed by atoms with Crippen LogP contribution in [0.1, 0.15) is 31.9 Å². The Bertz CT molecular complexity index is 540. The van der Waals surface area contributed by atoms with Crippen LogP contribution in [0.4, 0.5) is 22.0 Å². The number of nitrogens with zero attached hydrogens (tertiary/aromatic N) is 1. The standard InChI is InChI=1S/C13H14F5NO2S/c1-12(2,3)22(20)19-7-8-4-9(13(16,17)18)6-10(5-8)21-11(14)15/h4-7,11H,1-3H3/b19-7+. The number of rotatable bonds is 4. The third-order valence-corrected chi connectivity index (χ3v) is 3.65. The first-order valence-electron chi connectivity index (χ1n) is 6.03. The van der Waals surface area contributed by atoms with Crippen LogP contribution in [-0.4, -0.2) is 22.1 Å². The molecule has 0 saturated heterocycles. The molecule has 0 N–H and O–H groups in total. The lowest BCUT2D eigenvalue weighted by atomic mass is 10.1. The first-order chi connectivity index (χ1) is 9.89. The average molecular weight is 343 g/mol. The quantitative estimate of drug-likeness (QED) is 0.467. The van der Waals surface area contributed by atoms with Gasteiger partial charge in [-0.15, -0.1) is 0 Å². The highest BCUT2D eigenvalue weighted by Gasteiger charge is 2.32. The minimum Gasteiger partial charge on any atom is -0.591 e. The molecular formula is C13H14F5NO2S. The van der Waals surface area contributed by atoms with Gasteiger partial charge in [0.2, 0.25) is 0 Å². The Balaban J connectivity index is 3.15. The van der Waals surface area contributed by atoms with E-state index in [2.05, 4.69) is 9.13 Å². The highest BCUT2D eigenvalue weighted by Crippen LogP contribution is 2.33. The van der Waals surface area contributed by atoms with Crippen molar-refractivity contribution >= 4 is 17.6 Å². The van der Waals surface area contributed by atoms with E-state index in [1.807, 2.05) is 0 Å². The summed E-state index contributed by atoms with van der Waals surface area (Å²) < 4.78 is 81.2. The van der Waals surface area contributed by atoms with Crippen molar-refractivity contribution < 1.29 is 31.2 Å². The van der Waals surface area contributed by atoms with Crippen LogP contribution < -0.4 is 4.74 Å². The van der Waals surface area contributed by atoms with Crippen molar-refractivity contribution in [3.8, 4) is 5.75 Å². The summed E-state index contributed by atoms with van der Waals surface area (Å²) in [6, 6.07) is 2.14. The SMILES string of the molecule is CC(C)(C)[S+]([O-])/N=C/c1cc(OC(F)F)cc(C(F)(F)F)c1. The van der Waals surface area contributed by atoms with E-state index in [0.29, 0.717) is 12.1 Å². The molecular weight excluding hydrogens is 329 g/mol. The van der Waals surface area contributed by atoms with Gasteiger partial charge in [0.1, 0.15) is 21.9 Å². The lowest BCUT2D eigenvalue weighted by molar-refractivity contribution is -0.138. The number of hydrogen-bond donors (Lipinski definition) is 0. The first kappa shape index (κ1) is 18.7. The van der Waals surface area contributed by atoms with E-state index >= 15 is 0 Å². The molecule has 1 unspecified atom stereocenters. The molecule has 3 nitrogen and oxygen atoms in total. The lowest BCUT2D eigenvalue weighted by Crippen LogP contribution is -2.25. The van der Waals surface area contributed by atoms with Crippen LogP contribution in [0, 0.1) is 0 Å². The van der Waals surface area contributed by atoms with Crippen LogP contribution in [0.5, 0.6) is 5.75 Å². The fraction of sp³-hybridized carbons (Fsp3) is 0.462. The van der Waals surface area contributed by atoms with Gasteiger partial charge in [-0.3, -0.25) is 0 Å². The Kier molecular flexibility index (Phi) is 5.80. The van der Waals surface area contributed by atoms with Gasteiger partial charge in [-0.25, -0.2) is 0 Å².